The van der Waals surface area contributed by atoms with Crippen molar-refractivity contribution in [1.29, 1.82) is 0 Å². The molecule has 2 aromatic carbocycles. The van der Waals surface area contributed by atoms with E-state index >= 15 is 0 Å². The van der Waals surface area contributed by atoms with E-state index in [0.29, 0.717) is 25.3 Å². The lowest BCUT2D eigenvalue weighted by Gasteiger charge is -2.21. The number of para-hydroxylation sites is 1. The first-order valence-corrected chi connectivity index (χ1v) is 8.73. The van der Waals surface area contributed by atoms with Gasteiger partial charge in [-0.2, -0.15) is 0 Å². The zero-order valence-corrected chi connectivity index (χ0v) is 14.8. The molecule has 0 bridgehead atoms. The second kappa shape index (κ2) is 7.51. The average molecular weight is 380 g/mol. The Morgan fingerprint density at radius 2 is 1.86 bits per heavy atom. The molecule has 4 rings (SSSR count). The van der Waals surface area contributed by atoms with Crippen LogP contribution in [0, 0.1) is 5.82 Å². The summed E-state index contributed by atoms with van der Waals surface area (Å²) in [7, 11) is 0. The lowest BCUT2D eigenvalue weighted by atomic mass is 10.2. The van der Waals surface area contributed by atoms with Gasteiger partial charge in [-0.1, -0.05) is 30.3 Å². The summed E-state index contributed by atoms with van der Waals surface area (Å²) in [6, 6.07) is 14.6. The van der Waals surface area contributed by atoms with Crippen LogP contribution in [0.1, 0.15) is 5.56 Å². The molecule has 0 saturated heterocycles. The summed E-state index contributed by atoms with van der Waals surface area (Å²) in [4.78, 5) is 32.1. The summed E-state index contributed by atoms with van der Waals surface area (Å²) in [5.74, 6) is -0.685. The number of amides is 3. The third-order valence-electron chi connectivity index (χ3n) is 4.40. The number of nitrogens with zero attached hydrogens (tertiary/aromatic N) is 3. The Morgan fingerprint density at radius 1 is 1.11 bits per heavy atom. The fourth-order valence-electron chi connectivity index (χ4n) is 2.96. The molecule has 0 fully saturated rings. The molecule has 8 heteroatoms. The number of fused-ring (bicyclic) bond motifs is 1. The first kappa shape index (κ1) is 17.7. The summed E-state index contributed by atoms with van der Waals surface area (Å²) < 4.78 is 18.4. The Bertz CT molecular complexity index is 957. The van der Waals surface area contributed by atoms with Gasteiger partial charge in [0.15, 0.2) is 0 Å². The highest BCUT2D eigenvalue weighted by atomic mass is 19.1. The van der Waals surface area contributed by atoms with E-state index in [1.165, 1.54) is 23.3 Å². The molecule has 0 aromatic heterocycles. The van der Waals surface area contributed by atoms with Gasteiger partial charge in [0.25, 0.3) is 5.91 Å². The quantitative estimate of drug-likeness (QED) is 0.885. The number of halogens is 1. The molecule has 7 nitrogen and oxygen atoms in total. The fraction of sp³-hybridized carbons (Fsp3) is 0.150. The summed E-state index contributed by atoms with van der Waals surface area (Å²) >= 11 is 0. The number of ether oxygens (including phenoxy) is 1. The van der Waals surface area contributed by atoms with Crippen molar-refractivity contribution in [3.63, 3.8) is 0 Å². The van der Waals surface area contributed by atoms with Crippen molar-refractivity contribution in [3.05, 3.63) is 77.9 Å². The molecule has 3 amide bonds. The molecular weight excluding hydrogens is 363 g/mol. The maximum absolute atomic E-state index is 13.1. The van der Waals surface area contributed by atoms with Crippen LogP contribution in [0.25, 0.3) is 0 Å². The van der Waals surface area contributed by atoms with Gasteiger partial charge in [-0.05, 0) is 29.8 Å². The third kappa shape index (κ3) is 3.71. The normalized spacial score (nSPS) is 16.0. The van der Waals surface area contributed by atoms with Crippen LogP contribution in [0.2, 0.25) is 0 Å². The van der Waals surface area contributed by atoms with E-state index in [4.69, 9.17) is 4.74 Å². The number of aliphatic imine (C=N–C) groups is 1. The number of hydrogen-bond donors (Lipinski definition) is 1. The van der Waals surface area contributed by atoms with Crippen molar-refractivity contribution in [1.82, 2.24) is 9.80 Å². The molecule has 0 saturated carbocycles. The smallest absolute Gasteiger partial charge is 0.348 e. The summed E-state index contributed by atoms with van der Waals surface area (Å²) in [5.41, 5.74) is 1.72. The lowest BCUT2D eigenvalue weighted by molar-refractivity contribution is -0.113. The standard InChI is InChI=1S/C20H17FN4O3/c21-15-8-6-14(7-9-15)12-24-10-11-25-17(13-28-20(25)23-19(24)27)18(26)22-16-4-2-1-3-5-16/h1-9,13H,10-12H2,(H,22,26). The minimum atomic E-state index is -0.472. The second-order valence-corrected chi connectivity index (χ2v) is 6.32. The van der Waals surface area contributed by atoms with Crippen LogP contribution < -0.4 is 5.32 Å². The van der Waals surface area contributed by atoms with Gasteiger partial charge in [-0.25, -0.2) is 9.18 Å². The van der Waals surface area contributed by atoms with Crippen LogP contribution in [-0.4, -0.2) is 40.8 Å². The number of amidine groups is 1. The SMILES string of the molecule is O=C(Nc1ccccc1)C1=COC2=NC(=O)N(Cc3ccc(F)cc3)CCN12. The van der Waals surface area contributed by atoms with Crippen LogP contribution in [0.4, 0.5) is 14.9 Å². The van der Waals surface area contributed by atoms with E-state index in [1.807, 2.05) is 18.2 Å². The predicted molar refractivity (Wildman–Crippen MR) is 101 cm³/mol. The predicted octanol–water partition coefficient (Wildman–Crippen LogP) is 2.93. The van der Waals surface area contributed by atoms with E-state index in [-0.39, 0.29) is 23.4 Å². The molecule has 0 unspecified atom stereocenters. The van der Waals surface area contributed by atoms with Gasteiger partial charge in [-0.15, -0.1) is 4.99 Å². The molecule has 1 N–H and O–H groups in total. The molecular formula is C20H17FN4O3. The Labute approximate surface area is 160 Å². The minimum Gasteiger partial charge on any atom is -0.431 e. The van der Waals surface area contributed by atoms with E-state index < -0.39 is 6.03 Å². The van der Waals surface area contributed by atoms with E-state index in [9.17, 15) is 14.0 Å². The largest absolute Gasteiger partial charge is 0.431 e. The molecule has 2 aliphatic heterocycles. The molecule has 28 heavy (non-hydrogen) atoms. The van der Waals surface area contributed by atoms with Gasteiger partial charge in [0.2, 0.25) is 0 Å². The molecule has 2 heterocycles. The molecule has 142 valence electrons. The van der Waals surface area contributed by atoms with E-state index in [1.54, 1.807) is 29.2 Å². The first-order chi connectivity index (χ1) is 13.6. The summed E-state index contributed by atoms with van der Waals surface area (Å²) in [6.07, 6.45) is 1.29. The van der Waals surface area contributed by atoms with Crippen LogP contribution in [-0.2, 0) is 16.1 Å². The minimum absolute atomic E-state index is 0.0739. The van der Waals surface area contributed by atoms with Crippen molar-refractivity contribution in [2.45, 2.75) is 6.54 Å². The van der Waals surface area contributed by atoms with Gasteiger partial charge in [-0.3, -0.25) is 9.69 Å². The molecule has 0 aliphatic carbocycles. The van der Waals surface area contributed by atoms with Gasteiger partial charge < -0.3 is 15.0 Å². The molecule has 2 aliphatic rings. The average Bonchev–Trinajstić information content (AvgIpc) is 3.03. The van der Waals surface area contributed by atoms with Crippen LogP contribution in [0.15, 0.2) is 71.5 Å². The molecule has 0 atom stereocenters. The molecule has 2 aromatic rings. The number of anilines is 1. The van der Waals surface area contributed by atoms with Gasteiger partial charge in [0.05, 0.1) is 0 Å². The van der Waals surface area contributed by atoms with Crippen molar-refractivity contribution in [2.24, 2.45) is 4.99 Å². The number of nitrogens with one attached hydrogen (secondary N) is 1. The second-order valence-electron chi connectivity index (χ2n) is 6.32. The third-order valence-corrected chi connectivity index (χ3v) is 4.40. The monoisotopic (exact) mass is 380 g/mol. The summed E-state index contributed by atoms with van der Waals surface area (Å²) in [5, 5.41) is 2.79. The van der Waals surface area contributed by atoms with Gasteiger partial charge in [0, 0.05) is 25.3 Å². The highest BCUT2D eigenvalue weighted by molar-refractivity contribution is 6.07. The van der Waals surface area contributed by atoms with E-state index in [2.05, 4.69) is 10.3 Å². The van der Waals surface area contributed by atoms with Crippen LogP contribution >= 0.6 is 0 Å². The van der Waals surface area contributed by atoms with Crippen LogP contribution in [0.5, 0.6) is 0 Å². The lowest BCUT2D eigenvalue weighted by Crippen LogP contribution is -2.36. The van der Waals surface area contributed by atoms with Crippen molar-refractivity contribution in [3.8, 4) is 0 Å². The Balaban J connectivity index is 1.45. The first-order valence-electron chi connectivity index (χ1n) is 8.73. The Hall–Kier alpha value is -3.68. The highest BCUT2D eigenvalue weighted by Crippen LogP contribution is 2.21. The topological polar surface area (TPSA) is 74.2 Å². The summed E-state index contributed by atoms with van der Waals surface area (Å²) in [6.45, 7) is 0.974. The Kier molecular flexibility index (Phi) is 4.76. The number of carbonyl (C=O) groups is 2. The van der Waals surface area contributed by atoms with Crippen LogP contribution in [0.3, 0.4) is 0 Å². The van der Waals surface area contributed by atoms with Crippen molar-refractivity contribution in [2.75, 3.05) is 18.4 Å². The maximum Gasteiger partial charge on any atom is 0.348 e. The fourth-order valence-corrected chi connectivity index (χ4v) is 2.96. The number of carbonyl (C=O) groups excluding carboxylic acids is 2. The zero-order chi connectivity index (χ0) is 19.5. The van der Waals surface area contributed by atoms with Crippen molar-refractivity contribution < 1.29 is 18.7 Å². The molecule has 0 radical (unpaired) electrons. The maximum atomic E-state index is 13.1. The molecule has 0 spiro atoms. The van der Waals surface area contributed by atoms with Gasteiger partial charge in [0.1, 0.15) is 17.8 Å². The highest BCUT2D eigenvalue weighted by Gasteiger charge is 2.33. The number of hydrogen-bond acceptors (Lipinski definition) is 4. The zero-order valence-electron chi connectivity index (χ0n) is 14.8. The number of rotatable bonds is 4. The van der Waals surface area contributed by atoms with Crippen molar-refractivity contribution >= 4 is 23.6 Å². The number of urea groups is 1. The van der Waals surface area contributed by atoms with E-state index in [0.717, 1.165) is 5.56 Å². The van der Waals surface area contributed by atoms with Gasteiger partial charge >= 0.3 is 12.1 Å². The Morgan fingerprint density at radius 3 is 2.61 bits per heavy atom. The number of benzene rings is 2.